The molecule has 148 valence electrons. The predicted octanol–water partition coefficient (Wildman–Crippen LogP) is 0.511. The highest BCUT2D eigenvalue weighted by Crippen LogP contribution is 2.21. The van der Waals surface area contributed by atoms with Crippen molar-refractivity contribution in [1.29, 1.82) is 0 Å². The maximum atomic E-state index is 12.6. The molecule has 1 aromatic carbocycles. The van der Waals surface area contributed by atoms with E-state index in [1.807, 2.05) is 28.8 Å². The maximum Gasteiger partial charge on any atom is 0.329 e. The van der Waals surface area contributed by atoms with Crippen molar-refractivity contribution in [3.05, 3.63) is 50.7 Å². The average Bonchev–Trinajstić information content (AvgIpc) is 3.12. The number of aromatic amines is 1. The van der Waals surface area contributed by atoms with E-state index in [1.165, 1.54) is 4.57 Å². The first kappa shape index (κ1) is 18.3. The molecule has 2 aromatic heterocycles. The Bertz CT molecular complexity index is 1090. The smallest absolute Gasteiger partial charge is 0.329 e. The van der Waals surface area contributed by atoms with E-state index in [4.69, 9.17) is 9.47 Å². The summed E-state index contributed by atoms with van der Waals surface area (Å²) in [5.74, 6) is 1.50. The maximum absolute atomic E-state index is 12.6. The standard InChI is InChI=1S/C19H23N5O4/c1-22-16-15(17(25)21-19(22)26)24(18(20-16)23-9-11-28-12-10-23)8-7-13-3-5-14(27-2)6-4-13/h3-6H,7-12H2,1-2H3,(H,21,25,26). The minimum Gasteiger partial charge on any atom is -0.497 e. The summed E-state index contributed by atoms with van der Waals surface area (Å²) in [6.45, 7) is 3.17. The Kier molecular flexibility index (Phi) is 4.91. The van der Waals surface area contributed by atoms with Crippen LogP contribution in [0, 0.1) is 0 Å². The third-order valence-corrected chi connectivity index (χ3v) is 5.06. The van der Waals surface area contributed by atoms with Gasteiger partial charge in [0.15, 0.2) is 11.2 Å². The molecule has 0 spiro atoms. The molecule has 0 radical (unpaired) electrons. The lowest BCUT2D eigenvalue weighted by Crippen LogP contribution is -2.38. The molecule has 1 saturated heterocycles. The summed E-state index contributed by atoms with van der Waals surface area (Å²) >= 11 is 0. The van der Waals surface area contributed by atoms with Gasteiger partial charge in [-0.2, -0.15) is 4.98 Å². The molecule has 1 fully saturated rings. The van der Waals surface area contributed by atoms with Gasteiger partial charge in [-0.3, -0.25) is 14.3 Å². The lowest BCUT2D eigenvalue weighted by Gasteiger charge is -2.28. The molecule has 3 heterocycles. The topological polar surface area (TPSA) is 94.4 Å². The van der Waals surface area contributed by atoms with Crippen molar-refractivity contribution in [3.63, 3.8) is 0 Å². The van der Waals surface area contributed by atoms with E-state index in [2.05, 4.69) is 14.9 Å². The van der Waals surface area contributed by atoms with E-state index in [1.54, 1.807) is 14.2 Å². The normalized spacial score (nSPS) is 14.6. The number of morpholine rings is 1. The van der Waals surface area contributed by atoms with Crippen molar-refractivity contribution in [2.24, 2.45) is 7.05 Å². The monoisotopic (exact) mass is 385 g/mol. The van der Waals surface area contributed by atoms with Crippen LogP contribution >= 0.6 is 0 Å². The average molecular weight is 385 g/mol. The second-order valence-corrected chi connectivity index (χ2v) is 6.75. The number of aryl methyl sites for hydroxylation is 3. The van der Waals surface area contributed by atoms with E-state index in [0.29, 0.717) is 50.0 Å². The second-order valence-electron chi connectivity index (χ2n) is 6.75. The molecule has 0 unspecified atom stereocenters. The van der Waals surface area contributed by atoms with Gasteiger partial charge in [0, 0.05) is 26.7 Å². The van der Waals surface area contributed by atoms with Gasteiger partial charge < -0.3 is 18.9 Å². The number of H-pyrrole nitrogens is 1. The lowest BCUT2D eigenvalue weighted by molar-refractivity contribution is 0.121. The van der Waals surface area contributed by atoms with Crippen molar-refractivity contribution in [1.82, 2.24) is 19.1 Å². The van der Waals surface area contributed by atoms with Crippen LogP contribution in [0.4, 0.5) is 5.95 Å². The zero-order valence-electron chi connectivity index (χ0n) is 16.0. The highest BCUT2D eigenvalue weighted by atomic mass is 16.5. The molecule has 1 N–H and O–H groups in total. The number of imidazole rings is 1. The quantitative estimate of drug-likeness (QED) is 0.688. The van der Waals surface area contributed by atoms with Gasteiger partial charge in [0.2, 0.25) is 5.95 Å². The highest BCUT2D eigenvalue weighted by molar-refractivity contribution is 5.74. The van der Waals surface area contributed by atoms with E-state index < -0.39 is 11.2 Å². The number of hydrogen-bond acceptors (Lipinski definition) is 6. The molecule has 9 heteroatoms. The minimum absolute atomic E-state index is 0.393. The number of benzene rings is 1. The Morgan fingerprint density at radius 1 is 1.18 bits per heavy atom. The molecule has 0 amide bonds. The Hall–Kier alpha value is -3.07. The zero-order valence-corrected chi connectivity index (χ0v) is 16.0. The number of ether oxygens (including phenoxy) is 2. The van der Waals surface area contributed by atoms with Gasteiger partial charge in [0.05, 0.1) is 20.3 Å². The number of aromatic nitrogens is 4. The fraction of sp³-hybridized carbons (Fsp3) is 0.421. The molecule has 0 saturated carbocycles. The molecule has 28 heavy (non-hydrogen) atoms. The zero-order chi connectivity index (χ0) is 19.7. The van der Waals surface area contributed by atoms with Gasteiger partial charge in [-0.15, -0.1) is 0 Å². The largest absolute Gasteiger partial charge is 0.497 e. The molecule has 0 aliphatic carbocycles. The van der Waals surface area contributed by atoms with Gasteiger partial charge in [0.1, 0.15) is 5.75 Å². The number of methoxy groups -OCH3 is 1. The molecular weight excluding hydrogens is 362 g/mol. The summed E-state index contributed by atoms with van der Waals surface area (Å²) < 4.78 is 13.9. The Morgan fingerprint density at radius 2 is 1.89 bits per heavy atom. The van der Waals surface area contributed by atoms with Gasteiger partial charge in [-0.1, -0.05) is 12.1 Å². The molecule has 0 bridgehead atoms. The van der Waals surface area contributed by atoms with Crippen LogP contribution < -0.4 is 20.9 Å². The summed E-state index contributed by atoms with van der Waals surface area (Å²) in [6, 6.07) is 7.85. The van der Waals surface area contributed by atoms with E-state index in [0.717, 1.165) is 17.7 Å². The van der Waals surface area contributed by atoms with Crippen LogP contribution in [-0.2, 0) is 24.8 Å². The van der Waals surface area contributed by atoms with Crippen LogP contribution in [0.25, 0.3) is 11.2 Å². The number of fused-ring (bicyclic) bond motifs is 1. The minimum atomic E-state index is -0.467. The van der Waals surface area contributed by atoms with Gasteiger partial charge in [-0.05, 0) is 24.1 Å². The third-order valence-electron chi connectivity index (χ3n) is 5.06. The van der Waals surface area contributed by atoms with Crippen LogP contribution in [-0.4, -0.2) is 52.5 Å². The molecule has 4 rings (SSSR count). The van der Waals surface area contributed by atoms with Gasteiger partial charge in [-0.25, -0.2) is 4.79 Å². The number of nitrogens with one attached hydrogen (secondary N) is 1. The number of anilines is 1. The summed E-state index contributed by atoms with van der Waals surface area (Å²) in [4.78, 5) is 33.7. The summed E-state index contributed by atoms with van der Waals surface area (Å²) in [5.41, 5.74) is 1.05. The third kappa shape index (κ3) is 3.29. The molecule has 1 aliphatic rings. The lowest BCUT2D eigenvalue weighted by atomic mass is 10.1. The van der Waals surface area contributed by atoms with Crippen LogP contribution in [0.1, 0.15) is 5.56 Å². The summed E-state index contributed by atoms with van der Waals surface area (Å²) in [5, 5.41) is 0. The summed E-state index contributed by atoms with van der Waals surface area (Å²) in [6.07, 6.45) is 0.717. The van der Waals surface area contributed by atoms with Crippen LogP contribution in [0.15, 0.2) is 33.9 Å². The first-order valence-corrected chi connectivity index (χ1v) is 9.23. The SMILES string of the molecule is COc1ccc(CCn2c(N3CCOCC3)nc3c2c(=O)[nH]c(=O)n3C)cc1. The number of hydrogen-bond donors (Lipinski definition) is 1. The Labute approximate surface area is 161 Å². The fourth-order valence-corrected chi connectivity index (χ4v) is 3.47. The molecule has 9 nitrogen and oxygen atoms in total. The van der Waals surface area contributed by atoms with Gasteiger partial charge >= 0.3 is 5.69 Å². The van der Waals surface area contributed by atoms with Gasteiger partial charge in [0.25, 0.3) is 5.56 Å². The molecular formula is C19H23N5O4. The Balaban J connectivity index is 1.76. The van der Waals surface area contributed by atoms with Crippen molar-refractivity contribution in [2.45, 2.75) is 13.0 Å². The van der Waals surface area contributed by atoms with E-state index >= 15 is 0 Å². The van der Waals surface area contributed by atoms with Crippen LogP contribution in [0.3, 0.4) is 0 Å². The second kappa shape index (κ2) is 7.51. The summed E-state index contributed by atoms with van der Waals surface area (Å²) in [7, 11) is 3.25. The van der Waals surface area contributed by atoms with Crippen molar-refractivity contribution < 1.29 is 9.47 Å². The molecule has 3 aromatic rings. The predicted molar refractivity (Wildman–Crippen MR) is 105 cm³/mol. The van der Waals surface area contributed by atoms with Crippen molar-refractivity contribution in [3.8, 4) is 5.75 Å². The molecule has 0 atom stereocenters. The highest BCUT2D eigenvalue weighted by Gasteiger charge is 2.22. The molecule has 1 aliphatic heterocycles. The first-order chi connectivity index (χ1) is 13.6. The fourth-order valence-electron chi connectivity index (χ4n) is 3.47. The number of nitrogens with zero attached hydrogens (tertiary/aromatic N) is 4. The first-order valence-electron chi connectivity index (χ1n) is 9.23. The van der Waals surface area contributed by atoms with Crippen LogP contribution in [0.5, 0.6) is 5.75 Å². The van der Waals surface area contributed by atoms with E-state index in [9.17, 15) is 9.59 Å². The van der Waals surface area contributed by atoms with Crippen LogP contribution in [0.2, 0.25) is 0 Å². The van der Waals surface area contributed by atoms with Crippen molar-refractivity contribution in [2.75, 3.05) is 38.3 Å². The number of rotatable bonds is 5. The van der Waals surface area contributed by atoms with Crippen molar-refractivity contribution >= 4 is 17.1 Å². The Morgan fingerprint density at radius 3 is 2.57 bits per heavy atom. The van der Waals surface area contributed by atoms with E-state index in [-0.39, 0.29) is 0 Å².